The topological polar surface area (TPSA) is 101 Å². The van der Waals surface area contributed by atoms with Crippen LogP contribution < -0.4 is 11.2 Å². The van der Waals surface area contributed by atoms with Gasteiger partial charge in [0.05, 0.1) is 19.5 Å². The van der Waals surface area contributed by atoms with E-state index in [2.05, 4.69) is 4.98 Å². The lowest BCUT2D eigenvalue weighted by molar-refractivity contribution is -0.137. The SMILES string of the molecule is Cn1cnc2c1c(=O)n(CC(=O)N1CCC(C3OCCO3)CC1)c(=O)n2C. The molecule has 4 rings (SSSR count). The second kappa shape index (κ2) is 6.93. The summed E-state index contributed by atoms with van der Waals surface area (Å²) in [7, 11) is 3.23. The molecule has 0 aromatic carbocycles. The molecule has 2 aliphatic heterocycles. The standard InChI is InChI=1S/C17H23N5O5/c1-19-10-18-14-13(19)15(24)22(17(25)20(14)2)9-12(23)21-5-3-11(4-6-21)16-26-7-8-27-16/h10-11,16H,3-9H2,1-2H3. The van der Waals surface area contributed by atoms with E-state index >= 15 is 0 Å². The zero-order valence-electron chi connectivity index (χ0n) is 15.5. The van der Waals surface area contributed by atoms with Crippen LogP contribution in [0.5, 0.6) is 0 Å². The van der Waals surface area contributed by atoms with E-state index in [4.69, 9.17) is 9.47 Å². The Hall–Kier alpha value is -2.46. The maximum Gasteiger partial charge on any atom is 0.332 e. The van der Waals surface area contributed by atoms with Gasteiger partial charge in [0, 0.05) is 33.1 Å². The molecule has 146 valence electrons. The molecular weight excluding hydrogens is 354 g/mol. The van der Waals surface area contributed by atoms with Crippen LogP contribution in [0.15, 0.2) is 15.9 Å². The van der Waals surface area contributed by atoms with Gasteiger partial charge in [-0.25, -0.2) is 14.3 Å². The molecule has 2 aromatic rings. The van der Waals surface area contributed by atoms with Crippen LogP contribution in [0.1, 0.15) is 12.8 Å². The number of rotatable bonds is 3. The van der Waals surface area contributed by atoms with E-state index in [9.17, 15) is 14.4 Å². The molecule has 0 aliphatic carbocycles. The summed E-state index contributed by atoms with van der Waals surface area (Å²) in [5, 5.41) is 0. The van der Waals surface area contributed by atoms with E-state index in [1.54, 1.807) is 23.6 Å². The minimum atomic E-state index is -0.540. The smallest absolute Gasteiger partial charge is 0.332 e. The number of aromatic nitrogens is 4. The number of hydrogen-bond acceptors (Lipinski definition) is 6. The van der Waals surface area contributed by atoms with Crippen LogP contribution in [0.3, 0.4) is 0 Å². The quantitative estimate of drug-likeness (QED) is 0.683. The van der Waals surface area contributed by atoms with Gasteiger partial charge in [-0.3, -0.25) is 14.2 Å². The number of carbonyl (C=O) groups is 1. The molecule has 10 nitrogen and oxygen atoms in total. The van der Waals surface area contributed by atoms with Crippen molar-refractivity contribution in [3.63, 3.8) is 0 Å². The van der Waals surface area contributed by atoms with E-state index in [0.717, 1.165) is 17.4 Å². The molecular formula is C17H23N5O5. The predicted octanol–water partition coefficient (Wildman–Crippen LogP) is -0.955. The highest BCUT2D eigenvalue weighted by Crippen LogP contribution is 2.25. The van der Waals surface area contributed by atoms with E-state index in [0.29, 0.717) is 37.5 Å². The molecule has 0 atom stereocenters. The van der Waals surface area contributed by atoms with Crippen LogP contribution in [0.2, 0.25) is 0 Å². The third kappa shape index (κ3) is 3.08. The fraction of sp³-hybridized carbons (Fsp3) is 0.647. The van der Waals surface area contributed by atoms with E-state index in [-0.39, 0.29) is 24.7 Å². The van der Waals surface area contributed by atoms with Crippen molar-refractivity contribution in [2.45, 2.75) is 25.7 Å². The molecule has 2 aromatic heterocycles. The summed E-state index contributed by atoms with van der Waals surface area (Å²) in [4.78, 5) is 43.7. The lowest BCUT2D eigenvalue weighted by Crippen LogP contribution is -2.47. The van der Waals surface area contributed by atoms with Crippen molar-refractivity contribution in [3.8, 4) is 0 Å². The van der Waals surface area contributed by atoms with Crippen LogP contribution in [-0.2, 0) is 34.9 Å². The van der Waals surface area contributed by atoms with E-state index in [1.807, 2.05) is 0 Å². The summed E-state index contributed by atoms with van der Waals surface area (Å²) in [6.07, 6.45) is 2.87. The number of carbonyl (C=O) groups excluding carboxylic acids is 1. The van der Waals surface area contributed by atoms with Crippen molar-refractivity contribution in [2.75, 3.05) is 26.3 Å². The average molecular weight is 377 g/mol. The highest BCUT2D eigenvalue weighted by atomic mass is 16.7. The monoisotopic (exact) mass is 377 g/mol. The predicted molar refractivity (Wildman–Crippen MR) is 95.2 cm³/mol. The largest absolute Gasteiger partial charge is 0.350 e. The Balaban J connectivity index is 1.51. The lowest BCUT2D eigenvalue weighted by atomic mass is 9.96. The van der Waals surface area contributed by atoms with Crippen molar-refractivity contribution in [2.24, 2.45) is 20.0 Å². The Bertz CT molecular complexity index is 976. The van der Waals surface area contributed by atoms with Gasteiger partial charge in [0.25, 0.3) is 5.56 Å². The number of aryl methyl sites for hydroxylation is 2. The van der Waals surface area contributed by atoms with Gasteiger partial charge in [0.2, 0.25) is 5.91 Å². The number of nitrogens with zero attached hydrogens (tertiary/aromatic N) is 5. The van der Waals surface area contributed by atoms with Gasteiger partial charge in [0.15, 0.2) is 17.5 Å². The number of hydrogen-bond donors (Lipinski definition) is 0. The van der Waals surface area contributed by atoms with Gasteiger partial charge in [0.1, 0.15) is 6.54 Å². The zero-order chi connectivity index (χ0) is 19.1. The average Bonchev–Trinajstić information content (AvgIpc) is 3.33. The third-order valence-electron chi connectivity index (χ3n) is 5.42. The van der Waals surface area contributed by atoms with Crippen LogP contribution in [0.25, 0.3) is 11.2 Å². The number of ether oxygens (including phenoxy) is 2. The van der Waals surface area contributed by atoms with E-state index < -0.39 is 11.2 Å². The summed E-state index contributed by atoms with van der Waals surface area (Å²) >= 11 is 0. The number of likely N-dealkylation sites (tertiary alicyclic amines) is 1. The van der Waals surface area contributed by atoms with Crippen molar-refractivity contribution in [3.05, 3.63) is 27.2 Å². The van der Waals surface area contributed by atoms with Crippen molar-refractivity contribution >= 4 is 17.1 Å². The first kappa shape index (κ1) is 17.9. The molecule has 0 N–H and O–H groups in total. The fourth-order valence-corrected chi connectivity index (χ4v) is 3.84. The minimum Gasteiger partial charge on any atom is -0.350 e. The first-order valence-corrected chi connectivity index (χ1v) is 9.09. The Labute approximate surface area is 154 Å². The first-order chi connectivity index (χ1) is 13.0. The van der Waals surface area contributed by atoms with Gasteiger partial charge < -0.3 is 18.9 Å². The van der Waals surface area contributed by atoms with Gasteiger partial charge in [-0.15, -0.1) is 0 Å². The number of imidazole rings is 1. The van der Waals surface area contributed by atoms with Crippen molar-refractivity contribution in [1.29, 1.82) is 0 Å². The minimum absolute atomic E-state index is 0.176. The molecule has 2 fully saturated rings. The maximum atomic E-state index is 12.7. The van der Waals surface area contributed by atoms with Crippen LogP contribution >= 0.6 is 0 Å². The van der Waals surface area contributed by atoms with Crippen LogP contribution in [-0.4, -0.2) is 62.1 Å². The summed E-state index contributed by atoms with van der Waals surface area (Å²) in [6, 6.07) is 0. The molecule has 0 spiro atoms. The summed E-state index contributed by atoms with van der Waals surface area (Å²) in [5.41, 5.74) is -0.418. The molecule has 0 radical (unpaired) electrons. The van der Waals surface area contributed by atoms with Crippen molar-refractivity contribution < 1.29 is 14.3 Å². The third-order valence-corrected chi connectivity index (χ3v) is 5.42. The summed E-state index contributed by atoms with van der Waals surface area (Å²) in [6.45, 7) is 2.10. The highest BCUT2D eigenvalue weighted by molar-refractivity contribution is 5.77. The molecule has 1 amide bonds. The molecule has 10 heteroatoms. The van der Waals surface area contributed by atoms with E-state index in [1.165, 1.54) is 10.9 Å². The van der Waals surface area contributed by atoms with Crippen LogP contribution in [0.4, 0.5) is 0 Å². The van der Waals surface area contributed by atoms with Gasteiger partial charge >= 0.3 is 5.69 Å². The van der Waals surface area contributed by atoms with Gasteiger partial charge in [-0.05, 0) is 12.8 Å². The maximum absolute atomic E-state index is 12.7. The molecule has 0 saturated carbocycles. The number of amides is 1. The molecule has 2 aliphatic rings. The Morgan fingerprint density at radius 3 is 2.52 bits per heavy atom. The molecule has 0 unspecified atom stereocenters. The normalized spacial score (nSPS) is 19.3. The number of fused-ring (bicyclic) bond motifs is 1. The second-order valence-corrected chi connectivity index (χ2v) is 7.09. The van der Waals surface area contributed by atoms with Gasteiger partial charge in [-0.1, -0.05) is 0 Å². The first-order valence-electron chi connectivity index (χ1n) is 9.09. The summed E-state index contributed by atoms with van der Waals surface area (Å²) in [5.74, 6) is 0.0420. The van der Waals surface area contributed by atoms with Crippen LogP contribution in [0, 0.1) is 5.92 Å². The number of piperidine rings is 1. The molecule has 0 bridgehead atoms. The second-order valence-electron chi connectivity index (χ2n) is 7.09. The zero-order valence-corrected chi connectivity index (χ0v) is 15.5. The Morgan fingerprint density at radius 2 is 1.85 bits per heavy atom. The Kier molecular flexibility index (Phi) is 4.60. The fourth-order valence-electron chi connectivity index (χ4n) is 3.84. The Morgan fingerprint density at radius 1 is 1.19 bits per heavy atom. The lowest BCUT2D eigenvalue weighted by Gasteiger charge is -2.33. The molecule has 2 saturated heterocycles. The molecule has 4 heterocycles. The van der Waals surface area contributed by atoms with Gasteiger partial charge in [-0.2, -0.15) is 0 Å². The highest BCUT2D eigenvalue weighted by Gasteiger charge is 2.32. The van der Waals surface area contributed by atoms with Crippen molar-refractivity contribution in [1.82, 2.24) is 23.6 Å². The summed E-state index contributed by atoms with van der Waals surface area (Å²) < 4.78 is 14.9. The molecule has 27 heavy (non-hydrogen) atoms.